The highest BCUT2D eigenvalue weighted by Gasteiger charge is 1.82. The number of hydrogen-bond donors (Lipinski definition) is 1. The molecule has 1 rings (SSSR count). The molecule has 0 aliphatic carbocycles. The van der Waals surface area contributed by atoms with E-state index in [9.17, 15) is 0 Å². The number of rotatable bonds is 1. The molecule has 0 amide bonds. The topological polar surface area (TPSA) is 37.3 Å². The molecule has 0 fully saturated rings. The molecule has 0 spiro atoms. The van der Waals surface area contributed by atoms with Gasteiger partial charge in [0.15, 0.2) is 0 Å². The molecule has 1 aromatic heterocycles. The summed E-state index contributed by atoms with van der Waals surface area (Å²) in [7, 11) is 0. The quantitative estimate of drug-likeness (QED) is 0.706. The van der Waals surface area contributed by atoms with Crippen LogP contribution >= 0.6 is 11.3 Å². The normalized spacial score (nSPS) is 8.18. The number of thiophene rings is 1. The fourth-order valence-electron chi connectivity index (χ4n) is 0.514. The molecule has 1 aromatic rings. The van der Waals surface area contributed by atoms with Gasteiger partial charge in [0.25, 0.3) is 5.97 Å². The van der Waals surface area contributed by atoms with Gasteiger partial charge in [-0.15, -0.1) is 11.3 Å². The van der Waals surface area contributed by atoms with Crippen LogP contribution in [0, 0.1) is 0 Å². The van der Waals surface area contributed by atoms with Crippen LogP contribution in [0.15, 0.2) is 17.5 Å². The third-order valence-corrected chi connectivity index (χ3v) is 1.95. The van der Waals surface area contributed by atoms with E-state index in [-0.39, 0.29) is 0 Å². The minimum absolute atomic E-state index is 0.833. The second-order valence-electron chi connectivity index (χ2n) is 1.95. The van der Waals surface area contributed by atoms with E-state index >= 15 is 0 Å². The van der Waals surface area contributed by atoms with Gasteiger partial charge in [-0.3, -0.25) is 4.79 Å². The number of carbonyl (C=O) groups is 1. The van der Waals surface area contributed by atoms with Gasteiger partial charge in [0.2, 0.25) is 0 Å². The van der Waals surface area contributed by atoms with E-state index in [4.69, 9.17) is 9.90 Å². The summed E-state index contributed by atoms with van der Waals surface area (Å²) in [5.41, 5.74) is 0. The third-order valence-electron chi connectivity index (χ3n) is 0.929. The molecule has 0 aliphatic rings. The average molecular weight is 172 g/mol. The summed E-state index contributed by atoms with van der Waals surface area (Å²) < 4.78 is 0. The zero-order valence-corrected chi connectivity index (χ0v) is 7.52. The predicted octanol–water partition coefficient (Wildman–Crippen LogP) is 2.40. The summed E-state index contributed by atoms with van der Waals surface area (Å²) in [6.45, 7) is 3.26. The van der Waals surface area contributed by atoms with Crippen LogP contribution in [-0.4, -0.2) is 11.1 Å². The second-order valence-corrected chi connectivity index (χ2v) is 2.98. The van der Waals surface area contributed by atoms with Crippen molar-refractivity contribution in [1.82, 2.24) is 0 Å². The molecule has 1 N–H and O–H groups in total. The van der Waals surface area contributed by atoms with Gasteiger partial charge in [-0.2, -0.15) is 0 Å². The maximum absolute atomic E-state index is 9.00. The lowest BCUT2D eigenvalue weighted by Crippen LogP contribution is -1.78. The number of aliphatic carboxylic acids is 1. The van der Waals surface area contributed by atoms with Crippen LogP contribution in [0.25, 0.3) is 0 Å². The van der Waals surface area contributed by atoms with Crippen LogP contribution in [0.2, 0.25) is 0 Å². The van der Waals surface area contributed by atoms with Crippen molar-refractivity contribution >= 4 is 17.3 Å². The smallest absolute Gasteiger partial charge is 0.300 e. The molecule has 0 saturated heterocycles. The van der Waals surface area contributed by atoms with Crippen LogP contribution < -0.4 is 0 Å². The van der Waals surface area contributed by atoms with E-state index in [1.807, 2.05) is 11.3 Å². The van der Waals surface area contributed by atoms with Crippen molar-refractivity contribution in [2.75, 3.05) is 0 Å². The highest BCUT2D eigenvalue weighted by atomic mass is 32.1. The van der Waals surface area contributed by atoms with Crippen LogP contribution in [0.1, 0.15) is 18.7 Å². The van der Waals surface area contributed by atoms with Crippen molar-refractivity contribution in [3.05, 3.63) is 22.4 Å². The van der Waals surface area contributed by atoms with Gasteiger partial charge in [0.1, 0.15) is 0 Å². The van der Waals surface area contributed by atoms with Crippen LogP contribution in [0.5, 0.6) is 0 Å². The average Bonchev–Trinajstić information content (AvgIpc) is 2.36. The molecule has 0 saturated carbocycles. The van der Waals surface area contributed by atoms with Gasteiger partial charge >= 0.3 is 0 Å². The van der Waals surface area contributed by atoms with Crippen molar-refractivity contribution in [2.45, 2.75) is 20.3 Å². The lowest BCUT2D eigenvalue weighted by atomic mass is 10.4. The van der Waals surface area contributed by atoms with E-state index < -0.39 is 5.97 Å². The first-order valence-electron chi connectivity index (χ1n) is 3.38. The molecule has 0 radical (unpaired) electrons. The minimum atomic E-state index is -0.833. The highest BCUT2D eigenvalue weighted by Crippen LogP contribution is 2.07. The minimum Gasteiger partial charge on any atom is -0.481 e. The fourth-order valence-corrected chi connectivity index (χ4v) is 1.17. The Morgan fingerprint density at radius 2 is 2.27 bits per heavy atom. The first-order valence-corrected chi connectivity index (χ1v) is 4.26. The Bertz CT molecular complexity index is 188. The molecular weight excluding hydrogens is 160 g/mol. The lowest BCUT2D eigenvalue weighted by molar-refractivity contribution is -0.134. The lowest BCUT2D eigenvalue weighted by Gasteiger charge is -1.78. The molecular formula is C8H12O2S. The van der Waals surface area contributed by atoms with Gasteiger partial charge in [0.05, 0.1) is 0 Å². The first kappa shape index (κ1) is 10.2. The molecule has 0 aromatic carbocycles. The van der Waals surface area contributed by atoms with Crippen LogP contribution in [-0.2, 0) is 11.2 Å². The summed E-state index contributed by atoms with van der Waals surface area (Å²) in [5.74, 6) is -0.833. The van der Waals surface area contributed by atoms with Crippen molar-refractivity contribution in [1.29, 1.82) is 0 Å². The van der Waals surface area contributed by atoms with Gasteiger partial charge in [-0.05, 0) is 17.9 Å². The Balaban J connectivity index is 0.000000218. The monoisotopic (exact) mass is 172 g/mol. The fraction of sp³-hybridized carbons (Fsp3) is 0.375. The molecule has 62 valence electrons. The molecule has 11 heavy (non-hydrogen) atoms. The zero-order valence-electron chi connectivity index (χ0n) is 6.70. The summed E-state index contributed by atoms with van der Waals surface area (Å²) >= 11 is 1.82. The van der Waals surface area contributed by atoms with Gasteiger partial charge in [-0.1, -0.05) is 13.0 Å². The Labute approximate surface area is 70.5 Å². The predicted molar refractivity (Wildman–Crippen MR) is 47.0 cm³/mol. The maximum Gasteiger partial charge on any atom is 0.300 e. The Morgan fingerprint density at radius 1 is 1.73 bits per heavy atom. The van der Waals surface area contributed by atoms with Gasteiger partial charge in [0, 0.05) is 11.8 Å². The van der Waals surface area contributed by atoms with E-state index in [2.05, 4.69) is 24.4 Å². The number of hydrogen-bond acceptors (Lipinski definition) is 2. The Hall–Kier alpha value is -0.830. The molecule has 0 atom stereocenters. The molecule has 3 heteroatoms. The SMILES string of the molecule is CC(=O)O.CCc1cccs1. The Kier molecular flexibility index (Phi) is 5.47. The van der Waals surface area contributed by atoms with Crippen LogP contribution in [0.4, 0.5) is 0 Å². The summed E-state index contributed by atoms with van der Waals surface area (Å²) in [4.78, 5) is 10.5. The summed E-state index contributed by atoms with van der Waals surface area (Å²) in [6.07, 6.45) is 1.18. The number of carboxylic acids is 1. The molecule has 0 bridgehead atoms. The van der Waals surface area contributed by atoms with E-state index in [0.717, 1.165) is 6.92 Å². The molecule has 2 nitrogen and oxygen atoms in total. The van der Waals surface area contributed by atoms with E-state index in [1.54, 1.807) is 0 Å². The molecule has 0 unspecified atom stereocenters. The summed E-state index contributed by atoms with van der Waals surface area (Å²) in [5, 5.41) is 9.53. The number of carboxylic acid groups (broad SMARTS) is 1. The largest absolute Gasteiger partial charge is 0.481 e. The second kappa shape index (κ2) is 5.92. The van der Waals surface area contributed by atoms with Crippen molar-refractivity contribution in [2.24, 2.45) is 0 Å². The standard InChI is InChI=1S/C6H8S.C2H4O2/c1-2-6-4-3-5-7-6;1-2(3)4/h3-5H,2H2,1H3;1H3,(H,3,4). The van der Waals surface area contributed by atoms with Crippen molar-refractivity contribution < 1.29 is 9.90 Å². The number of aryl methyl sites for hydroxylation is 1. The summed E-state index contributed by atoms with van der Waals surface area (Å²) in [6, 6.07) is 4.24. The third kappa shape index (κ3) is 7.06. The highest BCUT2D eigenvalue weighted by molar-refractivity contribution is 7.09. The molecule has 0 aliphatic heterocycles. The molecule has 1 heterocycles. The van der Waals surface area contributed by atoms with E-state index in [0.29, 0.717) is 0 Å². The van der Waals surface area contributed by atoms with Gasteiger partial charge < -0.3 is 5.11 Å². The Morgan fingerprint density at radius 3 is 2.45 bits per heavy atom. The van der Waals surface area contributed by atoms with Gasteiger partial charge in [-0.25, -0.2) is 0 Å². The maximum atomic E-state index is 9.00. The van der Waals surface area contributed by atoms with Crippen molar-refractivity contribution in [3.8, 4) is 0 Å². The van der Waals surface area contributed by atoms with Crippen molar-refractivity contribution in [3.63, 3.8) is 0 Å². The zero-order chi connectivity index (χ0) is 8.69. The van der Waals surface area contributed by atoms with E-state index in [1.165, 1.54) is 11.3 Å². The first-order chi connectivity index (χ1) is 5.16. The van der Waals surface area contributed by atoms with Crippen LogP contribution in [0.3, 0.4) is 0 Å².